The summed E-state index contributed by atoms with van der Waals surface area (Å²) < 4.78 is 6.06. The van der Waals surface area contributed by atoms with Crippen molar-refractivity contribution in [2.45, 2.75) is 270 Å². The van der Waals surface area contributed by atoms with Crippen LogP contribution in [0.3, 0.4) is 0 Å². The molecule has 7 heteroatoms. The minimum absolute atomic E-state index is 0.0182. The van der Waals surface area contributed by atoms with Crippen molar-refractivity contribution in [1.82, 2.24) is 5.32 Å². The lowest BCUT2D eigenvalue weighted by molar-refractivity contribution is -0.150. The molecule has 0 bridgehead atoms. The molecule has 0 aromatic carbocycles. The van der Waals surface area contributed by atoms with Crippen molar-refractivity contribution in [2.24, 2.45) is 5.73 Å². The van der Waals surface area contributed by atoms with E-state index in [1.807, 2.05) is 0 Å². The Hall–Kier alpha value is -1.89. The first-order valence-corrected chi connectivity index (χ1v) is 24.0. The van der Waals surface area contributed by atoms with Crippen LogP contribution in [-0.2, 0) is 19.1 Å². The summed E-state index contributed by atoms with van der Waals surface area (Å²) in [6, 6.07) is -0.853. The molecule has 0 saturated heterocycles. The zero-order valence-electron chi connectivity index (χ0n) is 36.5. The highest BCUT2D eigenvalue weighted by Gasteiger charge is 2.19. The summed E-state index contributed by atoms with van der Waals surface area (Å²) in [7, 11) is 0. The Balaban J connectivity index is 4.18. The van der Waals surface area contributed by atoms with Crippen LogP contribution in [0.4, 0.5) is 0 Å². The summed E-state index contributed by atoms with van der Waals surface area (Å²) in [5.41, 5.74) is 5.49. The highest BCUT2D eigenvalue weighted by atomic mass is 16.5. The van der Waals surface area contributed by atoms with E-state index in [-0.39, 0.29) is 18.0 Å². The summed E-state index contributed by atoms with van der Waals surface area (Å²) in [6.45, 7) is 4.96. The molecule has 4 N–H and O–H groups in total. The van der Waals surface area contributed by atoms with Gasteiger partial charge in [-0.3, -0.25) is 9.59 Å². The van der Waals surface area contributed by atoms with Crippen molar-refractivity contribution >= 4 is 17.8 Å². The standard InChI is InChI=1S/C48H92N2O5/c1-3-5-7-9-11-13-15-16-17-18-19-20-21-22-23-25-27-32-36-42-47(52)55-44(38-33-29-26-24-14-12-10-8-6-4-2)39-34-30-28-31-35-41-46(51)50-45(48(53)54)40-37-43-49/h16-17,44-45H,3-15,18-43,49H2,1-2H3,(H,50,51)(H,53,54)/b17-16-. The Morgan fingerprint density at radius 3 is 1.31 bits per heavy atom. The SMILES string of the molecule is CCCCCCCC/C=C\CCCCCCCCCCCC(=O)OC(CCCCCCCCCCCC)CCCCCCCC(=O)NC(CCCN)C(=O)O. The number of hydrogen-bond acceptors (Lipinski definition) is 5. The molecule has 1 amide bonds. The number of carbonyl (C=O) groups excluding carboxylic acids is 2. The number of allylic oxidation sites excluding steroid dienone is 2. The van der Waals surface area contributed by atoms with E-state index in [9.17, 15) is 19.5 Å². The molecule has 0 aliphatic heterocycles. The number of ether oxygens (including phenoxy) is 1. The van der Waals surface area contributed by atoms with Crippen molar-refractivity contribution in [1.29, 1.82) is 0 Å². The van der Waals surface area contributed by atoms with Crippen LogP contribution in [0.15, 0.2) is 12.2 Å². The fourth-order valence-corrected chi connectivity index (χ4v) is 7.45. The number of aliphatic carboxylic acids is 1. The van der Waals surface area contributed by atoms with E-state index in [0.717, 1.165) is 64.2 Å². The first-order valence-electron chi connectivity index (χ1n) is 24.0. The molecule has 0 heterocycles. The molecular weight excluding hydrogens is 685 g/mol. The van der Waals surface area contributed by atoms with E-state index in [0.29, 0.717) is 32.2 Å². The Labute approximate surface area is 340 Å². The number of carbonyl (C=O) groups is 3. The summed E-state index contributed by atoms with van der Waals surface area (Å²) in [5, 5.41) is 11.9. The molecule has 2 atom stereocenters. The predicted molar refractivity (Wildman–Crippen MR) is 234 cm³/mol. The lowest BCUT2D eigenvalue weighted by atomic mass is 10.0. The molecule has 0 spiro atoms. The van der Waals surface area contributed by atoms with E-state index in [4.69, 9.17) is 10.5 Å². The van der Waals surface area contributed by atoms with Crippen LogP contribution in [0.1, 0.15) is 258 Å². The van der Waals surface area contributed by atoms with Gasteiger partial charge in [0.15, 0.2) is 0 Å². The van der Waals surface area contributed by atoms with E-state index < -0.39 is 12.0 Å². The lowest BCUT2D eigenvalue weighted by Crippen LogP contribution is -2.40. The Bertz CT molecular complexity index is 878. The minimum Gasteiger partial charge on any atom is -0.480 e. The highest BCUT2D eigenvalue weighted by Crippen LogP contribution is 2.19. The second-order valence-corrected chi connectivity index (χ2v) is 16.5. The third-order valence-electron chi connectivity index (χ3n) is 11.1. The molecule has 0 fully saturated rings. The fraction of sp³-hybridized carbons (Fsp3) is 0.896. The molecule has 55 heavy (non-hydrogen) atoms. The molecule has 0 aromatic heterocycles. The largest absolute Gasteiger partial charge is 0.480 e. The van der Waals surface area contributed by atoms with Crippen LogP contribution in [-0.4, -0.2) is 41.6 Å². The van der Waals surface area contributed by atoms with Crippen molar-refractivity contribution in [3.05, 3.63) is 12.2 Å². The van der Waals surface area contributed by atoms with Gasteiger partial charge in [0, 0.05) is 12.8 Å². The average molecular weight is 777 g/mol. The fourth-order valence-electron chi connectivity index (χ4n) is 7.45. The lowest BCUT2D eigenvalue weighted by Gasteiger charge is -2.18. The Kier molecular flexibility index (Phi) is 41.8. The molecule has 0 saturated carbocycles. The first-order chi connectivity index (χ1) is 26.9. The molecule has 0 aromatic rings. The van der Waals surface area contributed by atoms with Gasteiger partial charge in [-0.1, -0.05) is 180 Å². The van der Waals surface area contributed by atoms with E-state index in [1.165, 1.54) is 154 Å². The summed E-state index contributed by atoms with van der Waals surface area (Å²) in [6.07, 6.45) is 48.4. The van der Waals surface area contributed by atoms with Crippen LogP contribution in [0.5, 0.6) is 0 Å². The number of hydrogen-bond donors (Lipinski definition) is 3. The van der Waals surface area contributed by atoms with Gasteiger partial charge >= 0.3 is 11.9 Å². The van der Waals surface area contributed by atoms with Crippen molar-refractivity contribution in [3.8, 4) is 0 Å². The van der Waals surface area contributed by atoms with E-state index >= 15 is 0 Å². The van der Waals surface area contributed by atoms with Gasteiger partial charge in [0.05, 0.1) is 0 Å². The van der Waals surface area contributed by atoms with Gasteiger partial charge in [0.2, 0.25) is 5.91 Å². The van der Waals surface area contributed by atoms with E-state index in [2.05, 4.69) is 31.3 Å². The topological polar surface area (TPSA) is 119 Å². The average Bonchev–Trinajstić information content (AvgIpc) is 3.17. The molecule has 7 nitrogen and oxygen atoms in total. The number of nitrogens with one attached hydrogen (secondary N) is 1. The molecule has 2 unspecified atom stereocenters. The summed E-state index contributed by atoms with van der Waals surface area (Å²) in [4.78, 5) is 36.4. The van der Waals surface area contributed by atoms with Gasteiger partial charge < -0.3 is 20.9 Å². The number of rotatable bonds is 44. The van der Waals surface area contributed by atoms with Gasteiger partial charge in [-0.2, -0.15) is 0 Å². The number of carboxylic acids is 1. The number of amides is 1. The van der Waals surface area contributed by atoms with Crippen molar-refractivity contribution in [3.63, 3.8) is 0 Å². The molecule has 0 aliphatic rings. The predicted octanol–water partition coefficient (Wildman–Crippen LogP) is 13.8. The maximum Gasteiger partial charge on any atom is 0.326 e. The third kappa shape index (κ3) is 40.1. The first kappa shape index (κ1) is 53.1. The molecule has 324 valence electrons. The minimum atomic E-state index is -1.00. The monoisotopic (exact) mass is 777 g/mol. The number of nitrogens with two attached hydrogens (primary N) is 1. The Morgan fingerprint density at radius 1 is 0.509 bits per heavy atom. The number of unbranched alkanes of at least 4 members (excludes halogenated alkanes) is 28. The maximum atomic E-state index is 12.8. The van der Waals surface area contributed by atoms with Gasteiger partial charge in [-0.25, -0.2) is 4.79 Å². The third-order valence-corrected chi connectivity index (χ3v) is 11.1. The highest BCUT2D eigenvalue weighted by molar-refractivity contribution is 5.83. The van der Waals surface area contributed by atoms with Crippen molar-refractivity contribution < 1.29 is 24.2 Å². The summed E-state index contributed by atoms with van der Waals surface area (Å²) >= 11 is 0. The molecule has 0 aliphatic carbocycles. The second kappa shape index (κ2) is 43.2. The van der Waals surface area contributed by atoms with Crippen LogP contribution in [0.25, 0.3) is 0 Å². The zero-order chi connectivity index (χ0) is 40.3. The molecule has 0 radical (unpaired) electrons. The number of carboxylic acid groups (broad SMARTS) is 1. The van der Waals surface area contributed by atoms with Crippen LogP contribution in [0.2, 0.25) is 0 Å². The second-order valence-electron chi connectivity index (χ2n) is 16.5. The van der Waals surface area contributed by atoms with Crippen LogP contribution >= 0.6 is 0 Å². The quantitative estimate of drug-likeness (QED) is 0.0322. The van der Waals surface area contributed by atoms with Gasteiger partial charge in [0.1, 0.15) is 12.1 Å². The Morgan fingerprint density at radius 2 is 0.891 bits per heavy atom. The normalized spacial score (nSPS) is 12.6. The van der Waals surface area contributed by atoms with Gasteiger partial charge in [-0.05, 0) is 83.6 Å². The zero-order valence-corrected chi connectivity index (χ0v) is 36.5. The molecular formula is C48H92N2O5. The van der Waals surface area contributed by atoms with Crippen LogP contribution in [0, 0.1) is 0 Å². The maximum absolute atomic E-state index is 12.8. The van der Waals surface area contributed by atoms with Gasteiger partial charge in [-0.15, -0.1) is 0 Å². The van der Waals surface area contributed by atoms with E-state index in [1.54, 1.807) is 0 Å². The summed E-state index contributed by atoms with van der Waals surface area (Å²) in [5.74, 6) is -1.22. The number of esters is 1. The van der Waals surface area contributed by atoms with Crippen molar-refractivity contribution in [2.75, 3.05) is 6.54 Å². The molecule has 0 rings (SSSR count). The smallest absolute Gasteiger partial charge is 0.326 e. The van der Waals surface area contributed by atoms with Gasteiger partial charge in [0.25, 0.3) is 0 Å². The van der Waals surface area contributed by atoms with Crippen LogP contribution < -0.4 is 11.1 Å².